The summed E-state index contributed by atoms with van der Waals surface area (Å²) in [5.74, 6) is -0.930. The molecule has 1 aliphatic rings. The van der Waals surface area contributed by atoms with Crippen molar-refractivity contribution in [3.63, 3.8) is 0 Å². The lowest BCUT2D eigenvalue weighted by Crippen LogP contribution is -2.60. The van der Waals surface area contributed by atoms with Gasteiger partial charge in [-0.2, -0.15) is 0 Å². The molecule has 0 saturated carbocycles. The van der Waals surface area contributed by atoms with E-state index in [4.69, 9.17) is 11.6 Å². The minimum absolute atomic E-state index is 0.135. The standard InChI is InChI=1S/C13H14ClN3O3/c1-2-10-12(19)16-11(18)7-17(10)13(20)15-9-5-3-8(14)4-6-9/h3-6,10H,2,7H2,1H3,(H,15,20)(H,16,18,19). The van der Waals surface area contributed by atoms with Crippen LogP contribution in [0.3, 0.4) is 0 Å². The number of amides is 4. The van der Waals surface area contributed by atoms with E-state index in [1.54, 1.807) is 31.2 Å². The highest BCUT2D eigenvalue weighted by Crippen LogP contribution is 2.16. The van der Waals surface area contributed by atoms with Gasteiger partial charge in [0.05, 0.1) is 0 Å². The van der Waals surface area contributed by atoms with Gasteiger partial charge >= 0.3 is 6.03 Å². The zero-order valence-corrected chi connectivity index (χ0v) is 11.6. The summed E-state index contributed by atoms with van der Waals surface area (Å²) in [6, 6.07) is 5.45. The van der Waals surface area contributed by atoms with Crippen molar-refractivity contribution in [3.8, 4) is 0 Å². The van der Waals surface area contributed by atoms with Crippen LogP contribution >= 0.6 is 11.6 Å². The molecule has 0 aromatic heterocycles. The number of imide groups is 1. The van der Waals surface area contributed by atoms with Crippen molar-refractivity contribution in [2.45, 2.75) is 19.4 Å². The van der Waals surface area contributed by atoms with E-state index in [0.717, 1.165) is 0 Å². The molecule has 106 valence electrons. The van der Waals surface area contributed by atoms with Crippen LogP contribution in [0.4, 0.5) is 10.5 Å². The summed E-state index contributed by atoms with van der Waals surface area (Å²) in [5, 5.41) is 5.42. The first-order valence-corrected chi connectivity index (χ1v) is 6.56. The lowest BCUT2D eigenvalue weighted by molar-refractivity contribution is -0.138. The number of anilines is 1. The van der Waals surface area contributed by atoms with Crippen molar-refractivity contribution >= 4 is 35.1 Å². The molecular formula is C13H14ClN3O3. The van der Waals surface area contributed by atoms with Gasteiger partial charge in [-0.05, 0) is 30.7 Å². The number of carbonyl (C=O) groups excluding carboxylic acids is 3. The van der Waals surface area contributed by atoms with Crippen molar-refractivity contribution in [2.75, 3.05) is 11.9 Å². The number of urea groups is 1. The second-order valence-electron chi connectivity index (χ2n) is 4.40. The predicted molar refractivity (Wildman–Crippen MR) is 74.4 cm³/mol. The van der Waals surface area contributed by atoms with Gasteiger partial charge < -0.3 is 10.2 Å². The third kappa shape index (κ3) is 3.08. The molecule has 2 rings (SSSR count). The monoisotopic (exact) mass is 295 g/mol. The lowest BCUT2D eigenvalue weighted by Gasteiger charge is -2.33. The van der Waals surface area contributed by atoms with Crippen LogP contribution in [0.15, 0.2) is 24.3 Å². The van der Waals surface area contributed by atoms with Gasteiger partial charge in [-0.3, -0.25) is 14.9 Å². The fraction of sp³-hybridized carbons (Fsp3) is 0.308. The van der Waals surface area contributed by atoms with Gasteiger partial charge in [0.25, 0.3) is 0 Å². The highest BCUT2D eigenvalue weighted by atomic mass is 35.5. The maximum Gasteiger partial charge on any atom is 0.323 e. The SMILES string of the molecule is CCC1C(=O)NC(=O)CN1C(=O)Nc1ccc(Cl)cc1. The topological polar surface area (TPSA) is 78.5 Å². The summed E-state index contributed by atoms with van der Waals surface area (Å²) in [6.45, 7) is 1.65. The Morgan fingerprint density at radius 1 is 1.40 bits per heavy atom. The Labute approximate surface area is 121 Å². The van der Waals surface area contributed by atoms with Crippen LogP contribution in [-0.2, 0) is 9.59 Å². The number of carbonyl (C=O) groups is 3. The lowest BCUT2D eigenvalue weighted by atomic mass is 10.1. The van der Waals surface area contributed by atoms with Crippen molar-refractivity contribution in [3.05, 3.63) is 29.3 Å². The molecule has 1 heterocycles. The quantitative estimate of drug-likeness (QED) is 0.814. The van der Waals surface area contributed by atoms with Gasteiger partial charge in [0, 0.05) is 10.7 Å². The molecule has 6 nitrogen and oxygen atoms in total. The van der Waals surface area contributed by atoms with Crippen LogP contribution in [-0.4, -0.2) is 35.3 Å². The molecule has 20 heavy (non-hydrogen) atoms. The number of nitrogens with zero attached hydrogens (tertiary/aromatic N) is 1. The fourth-order valence-corrected chi connectivity index (χ4v) is 2.14. The number of hydrogen-bond acceptors (Lipinski definition) is 3. The molecule has 1 aliphatic heterocycles. The first-order valence-electron chi connectivity index (χ1n) is 6.18. The molecule has 4 amide bonds. The molecule has 1 aromatic rings. The van der Waals surface area contributed by atoms with Crippen LogP contribution in [0.2, 0.25) is 5.02 Å². The Hall–Kier alpha value is -2.08. The average molecular weight is 296 g/mol. The summed E-state index contributed by atoms with van der Waals surface area (Å²) >= 11 is 5.76. The van der Waals surface area contributed by atoms with Crippen molar-refractivity contribution < 1.29 is 14.4 Å². The maximum absolute atomic E-state index is 12.2. The molecule has 0 aliphatic carbocycles. The van der Waals surface area contributed by atoms with E-state index in [0.29, 0.717) is 17.1 Å². The van der Waals surface area contributed by atoms with Crippen LogP contribution in [0.5, 0.6) is 0 Å². The number of nitrogens with one attached hydrogen (secondary N) is 2. The minimum Gasteiger partial charge on any atom is -0.308 e. The smallest absolute Gasteiger partial charge is 0.308 e. The molecular weight excluding hydrogens is 282 g/mol. The van der Waals surface area contributed by atoms with Gasteiger partial charge in [0.2, 0.25) is 11.8 Å². The third-order valence-corrected chi connectivity index (χ3v) is 3.25. The molecule has 1 atom stereocenters. The average Bonchev–Trinajstić information content (AvgIpc) is 2.40. The van der Waals surface area contributed by atoms with Crippen LogP contribution < -0.4 is 10.6 Å². The van der Waals surface area contributed by atoms with Crippen LogP contribution in [0.1, 0.15) is 13.3 Å². The van der Waals surface area contributed by atoms with Gasteiger partial charge in [-0.1, -0.05) is 18.5 Å². The number of halogens is 1. The summed E-state index contributed by atoms with van der Waals surface area (Å²) in [7, 11) is 0. The Balaban J connectivity index is 2.11. The van der Waals surface area contributed by atoms with E-state index in [1.807, 2.05) is 0 Å². The normalized spacial score (nSPS) is 18.7. The zero-order chi connectivity index (χ0) is 14.7. The summed E-state index contributed by atoms with van der Waals surface area (Å²) in [6.07, 6.45) is 0.438. The molecule has 1 saturated heterocycles. The summed E-state index contributed by atoms with van der Waals surface area (Å²) < 4.78 is 0. The molecule has 1 aromatic carbocycles. The Bertz CT molecular complexity index is 544. The molecule has 0 bridgehead atoms. The third-order valence-electron chi connectivity index (χ3n) is 3.00. The van der Waals surface area contributed by atoms with Crippen molar-refractivity contribution in [2.24, 2.45) is 0 Å². The maximum atomic E-state index is 12.2. The number of piperazine rings is 1. The highest BCUT2D eigenvalue weighted by Gasteiger charge is 2.35. The fourth-order valence-electron chi connectivity index (χ4n) is 2.01. The predicted octanol–water partition coefficient (Wildman–Crippen LogP) is 1.61. The van der Waals surface area contributed by atoms with E-state index >= 15 is 0 Å². The van der Waals surface area contributed by atoms with Gasteiger partial charge in [-0.25, -0.2) is 4.79 Å². The number of rotatable bonds is 2. The van der Waals surface area contributed by atoms with E-state index < -0.39 is 23.9 Å². The molecule has 1 unspecified atom stereocenters. The van der Waals surface area contributed by atoms with E-state index in [2.05, 4.69) is 10.6 Å². The van der Waals surface area contributed by atoms with Crippen molar-refractivity contribution in [1.29, 1.82) is 0 Å². The number of hydrogen-bond donors (Lipinski definition) is 2. The molecule has 0 radical (unpaired) electrons. The summed E-state index contributed by atoms with van der Waals surface area (Å²) in [4.78, 5) is 36.4. The van der Waals surface area contributed by atoms with E-state index in [1.165, 1.54) is 4.90 Å². The van der Waals surface area contributed by atoms with Crippen molar-refractivity contribution in [1.82, 2.24) is 10.2 Å². The van der Waals surface area contributed by atoms with Gasteiger partial charge in [0.1, 0.15) is 12.6 Å². The first-order chi connectivity index (χ1) is 9.51. The van der Waals surface area contributed by atoms with E-state index in [9.17, 15) is 14.4 Å². The minimum atomic E-state index is -0.639. The van der Waals surface area contributed by atoms with Crippen LogP contribution in [0, 0.1) is 0 Å². The highest BCUT2D eigenvalue weighted by molar-refractivity contribution is 6.30. The Kier molecular flexibility index (Phi) is 4.24. The van der Waals surface area contributed by atoms with Crippen LogP contribution in [0.25, 0.3) is 0 Å². The largest absolute Gasteiger partial charge is 0.323 e. The van der Waals surface area contributed by atoms with Gasteiger partial charge in [-0.15, -0.1) is 0 Å². The molecule has 7 heteroatoms. The second kappa shape index (κ2) is 5.92. The van der Waals surface area contributed by atoms with Gasteiger partial charge in [0.15, 0.2) is 0 Å². The second-order valence-corrected chi connectivity index (χ2v) is 4.84. The molecule has 1 fully saturated rings. The van der Waals surface area contributed by atoms with E-state index in [-0.39, 0.29) is 6.54 Å². The molecule has 0 spiro atoms. The summed E-state index contributed by atoms with van der Waals surface area (Å²) in [5.41, 5.74) is 0.549. The first kappa shape index (κ1) is 14.3. The number of benzene rings is 1. The Morgan fingerprint density at radius 3 is 2.65 bits per heavy atom. The zero-order valence-electron chi connectivity index (χ0n) is 10.9. The molecule has 2 N–H and O–H groups in total. The Morgan fingerprint density at radius 2 is 2.05 bits per heavy atom.